The van der Waals surface area contributed by atoms with Crippen LogP contribution >= 0.6 is 0 Å². The van der Waals surface area contributed by atoms with E-state index in [9.17, 15) is 4.79 Å². The maximum Gasteiger partial charge on any atom is 0.315 e. The summed E-state index contributed by atoms with van der Waals surface area (Å²) in [5.74, 6) is 0.730. The molecule has 2 aromatic heterocycles. The summed E-state index contributed by atoms with van der Waals surface area (Å²) in [5.41, 5.74) is 3.55. The molecule has 0 saturated carbocycles. The quantitative estimate of drug-likeness (QED) is 0.730. The second kappa shape index (κ2) is 7.55. The zero-order valence-electron chi connectivity index (χ0n) is 13.7. The third-order valence-corrected chi connectivity index (χ3v) is 3.79. The average molecular weight is 323 g/mol. The molecule has 0 aliphatic heterocycles. The highest BCUT2D eigenvalue weighted by Crippen LogP contribution is 2.10. The van der Waals surface area contributed by atoms with Gasteiger partial charge in [-0.15, -0.1) is 0 Å². The molecule has 24 heavy (non-hydrogen) atoms. The number of aryl methyl sites for hydroxylation is 1. The number of nitrogens with one attached hydrogen (secondary N) is 2. The van der Waals surface area contributed by atoms with Gasteiger partial charge in [0.2, 0.25) is 0 Å². The fourth-order valence-electron chi connectivity index (χ4n) is 2.59. The van der Waals surface area contributed by atoms with E-state index in [1.165, 1.54) is 11.1 Å². The topological polar surface area (TPSA) is 59.2 Å². The van der Waals surface area contributed by atoms with Crippen LogP contribution in [0.5, 0.6) is 0 Å². The fraction of sp³-hybridized carbons (Fsp3) is 0.211. The molecule has 3 rings (SSSR count). The number of carbonyl (C=O) groups is 1. The van der Waals surface area contributed by atoms with E-state index in [1.54, 1.807) is 12.3 Å². The molecule has 2 N–H and O–H groups in total. The van der Waals surface area contributed by atoms with Crippen molar-refractivity contribution >= 4 is 6.03 Å². The molecule has 0 fully saturated rings. The first kappa shape index (κ1) is 15.9. The lowest BCUT2D eigenvalue weighted by Crippen LogP contribution is -2.35. The number of carbonyl (C=O) groups excluding carboxylic acids is 1. The summed E-state index contributed by atoms with van der Waals surface area (Å²) in [6.07, 6.45) is 3.62. The van der Waals surface area contributed by atoms with Crippen molar-refractivity contribution in [3.05, 3.63) is 83.6 Å². The van der Waals surface area contributed by atoms with Crippen molar-refractivity contribution in [2.45, 2.75) is 26.6 Å². The lowest BCUT2D eigenvalue weighted by atomic mass is 10.1. The minimum absolute atomic E-state index is 0.213. The predicted molar refractivity (Wildman–Crippen MR) is 92.5 cm³/mol. The van der Waals surface area contributed by atoms with Crippen molar-refractivity contribution < 1.29 is 9.21 Å². The number of hydrogen-bond acceptors (Lipinski definition) is 2. The molecule has 2 heterocycles. The van der Waals surface area contributed by atoms with E-state index in [0.29, 0.717) is 13.1 Å². The maximum absolute atomic E-state index is 11.9. The minimum Gasteiger partial charge on any atom is -0.467 e. The monoisotopic (exact) mass is 323 g/mol. The molecular formula is C19H21N3O2. The summed E-state index contributed by atoms with van der Waals surface area (Å²) in [7, 11) is 0. The van der Waals surface area contributed by atoms with Crippen LogP contribution in [0, 0.1) is 6.92 Å². The van der Waals surface area contributed by atoms with Crippen LogP contribution in [0.4, 0.5) is 4.79 Å². The molecule has 124 valence electrons. The highest BCUT2D eigenvalue weighted by atomic mass is 16.3. The fourth-order valence-corrected chi connectivity index (χ4v) is 2.59. The largest absolute Gasteiger partial charge is 0.467 e. The summed E-state index contributed by atoms with van der Waals surface area (Å²) in [4.78, 5) is 11.9. The highest BCUT2D eigenvalue weighted by Gasteiger charge is 2.06. The number of furan rings is 1. The van der Waals surface area contributed by atoms with Crippen LogP contribution < -0.4 is 10.6 Å². The SMILES string of the molecule is Cc1cccc(Cn2cccc2CNC(=O)NCc2ccco2)c1. The summed E-state index contributed by atoms with van der Waals surface area (Å²) >= 11 is 0. The summed E-state index contributed by atoms with van der Waals surface area (Å²) in [6.45, 7) is 3.73. The van der Waals surface area contributed by atoms with Gasteiger partial charge in [0.15, 0.2) is 0 Å². The van der Waals surface area contributed by atoms with Gasteiger partial charge < -0.3 is 19.6 Å². The van der Waals surface area contributed by atoms with Gasteiger partial charge in [0.05, 0.1) is 19.4 Å². The molecular weight excluding hydrogens is 302 g/mol. The molecule has 0 aliphatic carbocycles. The Balaban J connectivity index is 1.52. The number of benzene rings is 1. The molecule has 0 saturated heterocycles. The number of aromatic nitrogens is 1. The summed E-state index contributed by atoms with van der Waals surface area (Å²) in [5, 5.41) is 5.64. The average Bonchev–Trinajstić information content (AvgIpc) is 3.23. The van der Waals surface area contributed by atoms with Crippen LogP contribution in [0.2, 0.25) is 0 Å². The van der Waals surface area contributed by atoms with Crippen molar-refractivity contribution in [2.75, 3.05) is 0 Å². The second-order valence-electron chi connectivity index (χ2n) is 5.73. The lowest BCUT2D eigenvalue weighted by molar-refractivity contribution is 0.239. The van der Waals surface area contributed by atoms with Crippen LogP contribution in [0.25, 0.3) is 0 Å². The Morgan fingerprint density at radius 3 is 2.75 bits per heavy atom. The minimum atomic E-state index is -0.213. The Labute approximate surface area is 141 Å². The second-order valence-corrected chi connectivity index (χ2v) is 5.73. The third-order valence-electron chi connectivity index (χ3n) is 3.79. The molecule has 5 nitrogen and oxygen atoms in total. The Morgan fingerprint density at radius 1 is 1.08 bits per heavy atom. The lowest BCUT2D eigenvalue weighted by Gasteiger charge is -2.11. The molecule has 2 amide bonds. The first-order valence-corrected chi connectivity index (χ1v) is 7.94. The number of hydrogen-bond donors (Lipinski definition) is 2. The Morgan fingerprint density at radius 2 is 1.96 bits per heavy atom. The third kappa shape index (κ3) is 4.29. The van der Waals surface area contributed by atoms with Crippen LogP contribution in [0.15, 0.2) is 65.4 Å². The van der Waals surface area contributed by atoms with Gasteiger partial charge >= 0.3 is 6.03 Å². The Kier molecular flexibility index (Phi) is 5.01. The summed E-state index contributed by atoms with van der Waals surface area (Å²) in [6, 6.07) is 15.9. The van der Waals surface area contributed by atoms with Crippen molar-refractivity contribution in [3.63, 3.8) is 0 Å². The van der Waals surface area contributed by atoms with Crippen LogP contribution in [-0.2, 0) is 19.6 Å². The van der Waals surface area contributed by atoms with Gasteiger partial charge in [-0.3, -0.25) is 0 Å². The van der Waals surface area contributed by atoms with E-state index >= 15 is 0 Å². The first-order chi connectivity index (χ1) is 11.7. The molecule has 0 spiro atoms. The molecule has 3 aromatic rings. The highest BCUT2D eigenvalue weighted by molar-refractivity contribution is 5.73. The van der Waals surface area contributed by atoms with Gasteiger partial charge in [0.25, 0.3) is 0 Å². The van der Waals surface area contributed by atoms with E-state index in [0.717, 1.165) is 18.0 Å². The van der Waals surface area contributed by atoms with Gasteiger partial charge in [-0.1, -0.05) is 29.8 Å². The maximum atomic E-state index is 11.9. The van der Waals surface area contributed by atoms with Gasteiger partial charge in [0, 0.05) is 18.4 Å². The number of rotatable bonds is 6. The Bertz CT molecular complexity index is 791. The van der Waals surface area contributed by atoms with Gasteiger partial charge in [-0.2, -0.15) is 0 Å². The smallest absolute Gasteiger partial charge is 0.315 e. The van der Waals surface area contributed by atoms with Gasteiger partial charge in [-0.25, -0.2) is 4.79 Å². The Hall–Kier alpha value is -2.95. The molecule has 0 aliphatic rings. The number of nitrogens with zero attached hydrogens (tertiary/aromatic N) is 1. The first-order valence-electron chi connectivity index (χ1n) is 7.94. The zero-order valence-corrected chi connectivity index (χ0v) is 13.7. The van der Waals surface area contributed by atoms with Crippen LogP contribution in [0.3, 0.4) is 0 Å². The molecule has 0 radical (unpaired) electrons. The van der Waals surface area contributed by atoms with Gasteiger partial charge in [0.1, 0.15) is 5.76 Å². The van der Waals surface area contributed by atoms with Crippen molar-refractivity contribution in [1.82, 2.24) is 15.2 Å². The molecule has 5 heteroatoms. The van der Waals surface area contributed by atoms with Crippen molar-refractivity contribution in [2.24, 2.45) is 0 Å². The van der Waals surface area contributed by atoms with E-state index < -0.39 is 0 Å². The van der Waals surface area contributed by atoms with E-state index in [2.05, 4.69) is 46.4 Å². The van der Waals surface area contributed by atoms with Crippen LogP contribution in [0.1, 0.15) is 22.6 Å². The number of amides is 2. The number of urea groups is 1. The molecule has 0 atom stereocenters. The summed E-state index contributed by atoms with van der Waals surface area (Å²) < 4.78 is 7.32. The zero-order chi connectivity index (χ0) is 16.8. The van der Waals surface area contributed by atoms with Gasteiger partial charge in [-0.05, 0) is 36.8 Å². The van der Waals surface area contributed by atoms with E-state index in [1.807, 2.05) is 24.4 Å². The molecule has 0 bridgehead atoms. The van der Waals surface area contributed by atoms with Crippen molar-refractivity contribution in [3.8, 4) is 0 Å². The van der Waals surface area contributed by atoms with E-state index in [4.69, 9.17) is 4.42 Å². The van der Waals surface area contributed by atoms with E-state index in [-0.39, 0.29) is 6.03 Å². The predicted octanol–water partition coefficient (Wildman–Crippen LogP) is 3.44. The molecule has 0 unspecified atom stereocenters. The molecule has 1 aromatic carbocycles. The van der Waals surface area contributed by atoms with Crippen LogP contribution in [-0.4, -0.2) is 10.6 Å². The van der Waals surface area contributed by atoms with Crippen molar-refractivity contribution in [1.29, 1.82) is 0 Å². The standard InChI is InChI=1S/C19H21N3O2/c1-15-5-2-6-16(11-15)14-22-9-3-7-17(22)12-20-19(23)21-13-18-8-4-10-24-18/h2-11H,12-14H2,1H3,(H2,20,21,23). The normalized spacial score (nSPS) is 10.5.